The summed E-state index contributed by atoms with van der Waals surface area (Å²) in [6.07, 6.45) is 6.56. The third kappa shape index (κ3) is 4.55. The smallest absolute Gasteiger partial charge is 0.404 e. The quantitative estimate of drug-likeness (QED) is 0.395. The van der Waals surface area contributed by atoms with Crippen molar-refractivity contribution >= 4 is 17.0 Å². The Kier molecular flexibility index (Phi) is 6.70. The summed E-state index contributed by atoms with van der Waals surface area (Å²) in [6.45, 7) is 6.16. The number of amides is 1. The monoisotopic (exact) mass is 388 g/mol. The number of allylic oxidation sites excluding steroid dienone is 1. The Morgan fingerprint density at radius 2 is 2.08 bits per heavy atom. The van der Waals surface area contributed by atoms with E-state index < -0.39 is 29.5 Å². The number of carbonyl (C=O) groups excluding carboxylic acids is 1. The highest BCUT2D eigenvalue weighted by Gasteiger charge is 2.68. The fourth-order valence-electron chi connectivity index (χ4n) is 4.49. The molecule has 2 fully saturated rings. The molecule has 1 saturated heterocycles. The summed E-state index contributed by atoms with van der Waals surface area (Å²) in [4.78, 5) is 11.3. The SMILES string of the molecule is COC1C(OC(N)=O)CCC(O)(C[S+](C)C)C1C1(C)OC1CC=C(C)C. The lowest BCUT2D eigenvalue weighted by molar-refractivity contribution is -0.169. The summed E-state index contributed by atoms with van der Waals surface area (Å²) in [5.41, 5.74) is 5.06. The van der Waals surface area contributed by atoms with Crippen molar-refractivity contribution in [3.8, 4) is 0 Å². The second-order valence-corrected chi connectivity index (χ2v) is 10.5. The lowest BCUT2D eigenvalue weighted by Crippen LogP contribution is -2.62. The average Bonchev–Trinajstić information content (AvgIpc) is 3.16. The molecule has 0 aromatic rings. The van der Waals surface area contributed by atoms with Crippen molar-refractivity contribution in [3.63, 3.8) is 0 Å². The number of carbonyl (C=O) groups is 1. The van der Waals surface area contributed by atoms with Crippen molar-refractivity contribution in [2.75, 3.05) is 25.4 Å². The Bertz CT molecular complexity index is 550. The van der Waals surface area contributed by atoms with Crippen LogP contribution in [0.5, 0.6) is 0 Å². The van der Waals surface area contributed by atoms with Crippen LogP contribution in [0.4, 0.5) is 4.79 Å². The largest absolute Gasteiger partial charge is 0.444 e. The number of methoxy groups -OCH3 is 1. The maximum atomic E-state index is 11.6. The van der Waals surface area contributed by atoms with Crippen molar-refractivity contribution in [2.24, 2.45) is 11.7 Å². The van der Waals surface area contributed by atoms with Crippen LogP contribution in [0.2, 0.25) is 0 Å². The lowest BCUT2D eigenvalue weighted by Gasteiger charge is -2.47. The molecule has 6 nitrogen and oxygen atoms in total. The minimum atomic E-state index is -0.917. The average molecular weight is 389 g/mol. The summed E-state index contributed by atoms with van der Waals surface area (Å²) >= 11 is 0. The molecule has 1 amide bonds. The molecule has 1 heterocycles. The van der Waals surface area contributed by atoms with Gasteiger partial charge in [-0.05, 0) is 50.9 Å². The minimum Gasteiger partial charge on any atom is -0.444 e. The van der Waals surface area contributed by atoms with E-state index in [1.165, 1.54) is 5.57 Å². The van der Waals surface area contributed by atoms with E-state index in [2.05, 4.69) is 32.4 Å². The van der Waals surface area contributed by atoms with Gasteiger partial charge in [0.15, 0.2) is 0 Å². The minimum absolute atomic E-state index is 0.0226. The van der Waals surface area contributed by atoms with E-state index in [0.29, 0.717) is 18.6 Å². The van der Waals surface area contributed by atoms with E-state index in [1.54, 1.807) is 7.11 Å². The Morgan fingerprint density at radius 3 is 2.58 bits per heavy atom. The predicted octanol–water partition coefficient (Wildman–Crippen LogP) is 2.00. The van der Waals surface area contributed by atoms with Gasteiger partial charge in [-0.15, -0.1) is 0 Å². The van der Waals surface area contributed by atoms with Gasteiger partial charge in [0.25, 0.3) is 0 Å². The van der Waals surface area contributed by atoms with Crippen LogP contribution in [0.25, 0.3) is 0 Å². The first-order valence-electron chi connectivity index (χ1n) is 9.10. The molecule has 6 unspecified atom stereocenters. The van der Waals surface area contributed by atoms with E-state index >= 15 is 0 Å². The molecule has 6 atom stereocenters. The summed E-state index contributed by atoms with van der Waals surface area (Å²) in [7, 11) is 1.65. The maximum absolute atomic E-state index is 11.6. The number of hydrogen-bond acceptors (Lipinski definition) is 5. The van der Waals surface area contributed by atoms with Gasteiger partial charge in [-0.1, -0.05) is 11.6 Å². The zero-order valence-corrected chi connectivity index (χ0v) is 17.6. The molecule has 150 valence electrons. The van der Waals surface area contributed by atoms with Crippen LogP contribution in [0.1, 0.15) is 40.0 Å². The lowest BCUT2D eigenvalue weighted by atomic mass is 9.66. The normalized spacial score (nSPS) is 39.5. The zero-order valence-electron chi connectivity index (χ0n) is 16.8. The first-order valence-corrected chi connectivity index (χ1v) is 11.3. The van der Waals surface area contributed by atoms with E-state index in [9.17, 15) is 9.90 Å². The second kappa shape index (κ2) is 8.09. The Morgan fingerprint density at radius 1 is 1.42 bits per heavy atom. The first-order chi connectivity index (χ1) is 12.0. The van der Waals surface area contributed by atoms with Gasteiger partial charge in [0.1, 0.15) is 29.2 Å². The van der Waals surface area contributed by atoms with Crippen LogP contribution >= 0.6 is 0 Å². The number of rotatable bonds is 7. The summed E-state index contributed by atoms with van der Waals surface area (Å²) in [5.74, 6) is 0.387. The van der Waals surface area contributed by atoms with Crippen LogP contribution in [-0.2, 0) is 25.1 Å². The summed E-state index contributed by atoms with van der Waals surface area (Å²) < 4.78 is 17.2. The van der Waals surface area contributed by atoms with E-state index in [1.807, 2.05) is 6.92 Å². The molecule has 1 aliphatic heterocycles. The summed E-state index contributed by atoms with van der Waals surface area (Å²) in [6, 6.07) is 0. The molecule has 3 N–H and O–H groups in total. The number of nitrogens with two attached hydrogens (primary N) is 1. The van der Waals surface area contributed by atoms with E-state index in [-0.39, 0.29) is 22.9 Å². The third-order valence-corrected chi connectivity index (χ3v) is 6.63. The van der Waals surface area contributed by atoms with Gasteiger partial charge in [-0.3, -0.25) is 0 Å². The molecule has 0 bridgehead atoms. The van der Waals surface area contributed by atoms with Gasteiger partial charge in [0.2, 0.25) is 0 Å². The second-order valence-electron chi connectivity index (χ2n) is 8.23. The third-order valence-electron chi connectivity index (χ3n) is 5.55. The number of hydrogen-bond donors (Lipinski definition) is 2. The van der Waals surface area contributed by atoms with Gasteiger partial charge >= 0.3 is 6.09 Å². The van der Waals surface area contributed by atoms with Gasteiger partial charge in [0.05, 0.1) is 24.5 Å². The highest BCUT2D eigenvalue weighted by Crippen LogP contribution is 2.54. The van der Waals surface area contributed by atoms with E-state index in [0.717, 1.165) is 6.42 Å². The van der Waals surface area contributed by atoms with Crippen molar-refractivity contribution in [3.05, 3.63) is 11.6 Å². The van der Waals surface area contributed by atoms with Crippen LogP contribution < -0.4 is 5.73 Å². The molecule has 0 aromatic carbocycles. The van der Waals surface area contributed by atoms with Crippen LogP contribution in [-0.4, -0.2) is 66.1 Å². The number of epoxide rings is 1. The van der Waals surface area contributed by atoms with Crippen molar-refractivity contribution in [1.82, 2.24) is 0 Å². The van der Waals surface area contributed by atoms with Crippen molar-refractivity contribution in [1.29, 1.82) is 0 Å². The maximum Gasteiger partial charge on any atom is 0.404 e. The number of primary amides is 1. The standard InChI is InChI=1S/C19H33NO5S/c1-12(2)7-8-14-18(3,25-14)16-15(23-4)13(24-17(20)21)9-10-19(16,22)11-26(5)6/h7,13-16,22H,8-11H2,1-6H3,(H-,20,21)/p+1. The molecule has 0 aromatic heterocycles. The Labute approximate surface area is 159 Å². The molecule has 2 rings (SSSR count). The fourth-order valence-corrected chi connectivity index (χ4v) is 5.81. The highest BCUT2D eigenvalue weighted by molar-refractivity contribution is 7.95. The molecule has 0 radical (unpaired) electrons. The van der Waals surface area contributed by atoms with Crippen molar-refractivity contribution < 1.29 is 24.1 Å². The van der Waals surface area contributed by atoms with Gasteiger partial charge in [-0.2, -0.15) is 0 Å². The Balaban J connectivity index is 2.32. The zero-order chi connectivity index (χ0) is 19.7. The van der Waals surface area contributed by atoms with Crippen LogP contribution in [0.15, 0.2) is 11.6 Å². The van der Waals surface area contributed by atoms with Crippen LogP contribution in [0.3, 0.4) is 0 Å². The molecule has 1 aliphatic carbocycles. The van der Waals surface area contributed by atoms with Gasteiger partial charge in [-0.25, -0.2) is 4.79 Å². The predicted molar refractivity (Wildman–Crippen MR) is 104 cm³/mol. The molecule has 7 heteroatoms. The topological polar surface area (TPSA) is 94.3 Å². The molecule has 0 spiro atoms. The number of aliphatic hydroxyl groups is 1. The fraction of sp³-hybridized carbons (Fsp3) is 0.842. The molecular weight excluding hydrogens is 354 g/mol. The van der Waals surface area contributed by atoms with Gasteiger partial charge < -0.3 is 25.1 Å². The van der Waals surface area contributed by atoms with Crippen molar-refractivity contribution in [2.45, 2.75) is 69.5 Å². The first kappa shape index (κ1) is 21.5. The number of ether oxygens (including phenoxy) is 3. The van der Waals surface area contributed by atoms with Gasteiger partial charge in [0, 0.05) is 7.11 Å². The molecule has 2 aliphatic rings. The molecule has 26 heavy (non-hydrogen) atoms. The molecule has 1 saturated carbocycles. The van der Waals surface area contributed by atoms with E-state index in [4.69, 9.17) is 19.9 Å². The molecular formula is C19H34NO5S+. The Hall–Kier alpha value is -0.760. The highest BCUT2D eigenvalue weighted by atomic mass is 32.2. The van der Waals surface area contributed by atoms with Crippen LogP contribution in [0, 0.1) is 5.92 Å². The summed E-state index contributed by atoms with van der Waals surface area (Å²) in [5, 5.41) is 11.6.